The molecule has 5 nitrogen and oxygen atoms in total. The topological polar surface area (TPSA) is 75.4 Å². The standard InChI is InChI=1S/C13H25N3O2.ClH/c1-2-3-8-16(10-12(14)17)13(18)5-4-11-6-7-15-9-11;/h11,15H,2-10H2,1H3,(H2,14,17);1H. The van der Waals surface area contributed by atoms with Gasteiger partial charge in [0, 0.05) is 13.0 Å². The van der Waals surface area contributed by atoms with Gasteiger partial charge >= 0.3 is 0 Å². The number of unbranched alkanes of at least 4 members (excludes halogenated alkanes) is 1. The molecule has 1 fully saturated rings. The van der Waals surface area contributed by atoms with Gasteiger partial charge in [-0.1, -0.05) is 13.3 Å². The molecule has 1 aliphatic heterocycles. The maximum atomic E-state index is 12.0. The fourth-order valence-electron chi connectivity index (χ4n) is 2.28. The summed E-state index contributed by atoms with van der Waals surface area (Å²) < 4.78 is 0. The van der Waals surface area contributed by atoms with Crippen LogP contribution in [0.3, 0.4) is 0 Å². The molecular formula is C13H26ClN3O2. The summed E-state index contributed by atoms with van der Waals surface area (Å²) in [5.74, 6) is 0.242. The Morgan fingerprint density at radius 2 is 2.16 bits per heavy atom. The van der Waals surface area contributed by atoms with E-state index in [9.17, 15) is 9.59 Å². The van der Waals surface area contributed by atoms with Gasteiger partial charge in [0.15, 0.2) is 0 Å². The van der Waals surface area contributed by atoms with Crippen molar-refractivity contribution in [1.29, 1.82) is 0 Å². The van der Waals surface area contributed by atoms with E-state index in [2.05, 4.69) is 12.2 Å². The quantitative estimate of drug-likeness (QED) is 0.698. The molecule has 19 heavy (non-hydrogen) atoms. The first kappa shape index (κ1) is 18.2. The molecule has 6 heteroatoms. The molecule has 0 spiro atoms. The SMILES string of the molecule is CCCCN(CC(N)=O)C(=O)CCC1CCNC1.Cl. The predicted molar refractivity (Wildman–Crippen MR) is 78.1 cm³/mol. The molecule has 0 radical (unpaired) electrons. The molecule has 1 heterocycles. The average Bonchev–Trinajstić information content (AvgIpc) is 2.84. The molecule has 0 saturated carbocycles. The lowest BCUT2D eigenvalue weighted by Gasteiger charge is -2.21. The van der Waals surface area contributed by atoms with Gasteiger partial charge in [0.2, 0.25) is 11.8 Å². The van der Waals surface area contributed by atoms with Crippen LogP contribution in [0.2, 0.25) is 0 Å². The highest BCUT2D eigenvalue weighted by molar-refractivity contribution is 5.85. The van der Waals surface area contributed by atoms with Gasteiger partial charge in [-0.15, -0.1) is 12.4 Å². The highest BCUT2D eigenvalue weighted by Crippen LogP contribution is 2.15. The number of nitrogens with zero attached hydrogens (tertiary/aromatic N) is 1. The van der Waals surface area contributed by atoms with Gasteiger partial charge in [0.1, 0.15) is 0 Å². The van der Waals surface area contributed by atoms with Crippen molar-refractivity contribution in [2.24, 2.45) is 11.7 Å². The third-order valence-corrected chi connectivity index (χ3v) is 3.41. The van der Waals surface area contributed by atoms with E-state index in [4.69, 9.17) is 5.73 Å². The van der Waals surface area contributed by atoms with Crippen molar-refractivity contribution in [3.63, 3.8) is 0 Å². The van der Waals surface area contributed by atoms with Gasteiger partial charge in [0.25, 0.3) is 0 Å². The van der Waals surface area contributed by atoms with Crippen LogP contribution in [0.4, 0.5) is 0 Å². The maximum Gasteiger partial charge on any atom is 0.237 e. The summed E-state index contributed by atoms with van der Waals surface area (Å²) >= 11 is 0. The van der Waals surface area contributed by atoms with Crippen LogP contribution in [-0.2, 0) is 9.59 Å². The van der Waals surface area contributed by atoms with Crippen molar-refractivity contribution in [2.45, 2.75) is 39.0 Å². The van der Waals surface area contributed by atoms with E-state index in [0.717, 1.165) is 38.8 Å². The van der Waals surface area contributed by atoms with Crippen LogP contribution in [0.15, 0.2) is 0 Å². The fourth-order valence-corrected chi connectivity index (χ4v) is 2.28. The molecule has 0 aromatic rings. The average molecular weight is 292 g/mol. The zero-order valence-corrected chi connectivity index (χ0v) is 12.5. The van der Waals surface area contributed by atoms with Crippen molar-refractivity contribution in [3.8, 4) is 0 Å². The van der Waals surface area contributed by atoms with E-state index in [1.807, 2.05) is 0 Å². The normalized spacial score (nSPS) is 17.8. The van der Waals surface area contributed by atoms with Crippen LogP contribution in [0.5, 0.6) is 0 Å². The molecule has 1 saturated heterocycles. The smallest absolute Gasteiger partial charge is 0.237 e. The second-order valence-corrected chi connectivity index (χ2v) is 5.03. The first-order valence-corrected chi connectivity index (χ1v) is 6.90. The van der Waals surface area contributed by atoms with Crippen molar-refractivity contribution in [1.82, 2.24) is 10.2 Å². The summed E-state index contributed by atoms with van der Waals surface area (Å²) in [5, 5.41) is 3.29. The first-order chi connectivity index (χ1) is 8.63. The molecule has 0 bridgehead atoms. The Morgan fingerprint density at radius 3 is 2.68 bits per heavy atom. The number of nitrogens with one attached hydrogen (secondary N) is 1. The molecule has 1 atom stereocenters. The van der Waals surface area contributed by atoms with Crippen LogP contribution < -0.4 is 11.1 Å². The number of carbonyl (C=O) groups excluding carboxylic acids is 2. The summed E-state index contributed by atoms with van der Waals surface area (Å²) in [7, 11) is 0. The predicted octanol–water partition coefficient (Wildman–Crippen LogP) is 0.912. The number of rotatable bonds is 8. The molecule has 112 valence electrons. The van der Waals surface area contributed by atoms with Gasteiger partial charge in [0.05, 0.1) is 6.54 Å². The van der Waals surface area contributed by atoms with E-state index in [1.54, 1.807) is 4.90 Å². The van der Waals surface area contributed by atoms with E-state index in [1.165, 1.54) is 0 Å². The molecular weight excluding hydrogens is 266 g/mol. The second kappa shape index (κ2) is 10.0. The van der Waals surface area contributed by atoms with Crippen molar-refractivity contribution in [2.75, 3.05) is 26.2 Å². The van der Waals surface area contributed by atoms with Gasteiger partial charge < -0.3 is 16.0 Å². The Labute approximate surface area is 121 Å². The van der Waals surface area contributed by atoms with Gasteiger partial charge in [-0.25, -0.2) is 0 Å². The molecule has 0 aliphatic carbocycles. The van der Waals surface area contributed by atoms with Crippen molar-refractivity contribution < 1.29 is 9.59 Å². The second-order valence-electron chi connectivity index (χ2n) is 5.03. The van der Waals surface area contributed by atoms with Gasteiger partial charge in [-0.05, 0) is 38.3 Å². The third kappa shape index (κ3) is 7.38. The van der Waals surface area contributed by atoms with Crippen LogP contribution in [0.1, 0.15) is 39.0 Å². The third-order valence-electron chi connectivity index (χ3n) is 3.41. The van der Waals surface area contributed by atoms with E-state index in [0.29, 0.717) is 18.9 Å². The molecule has 1 aliphatic rings. The number of hydrogen-bond acceptors (Lipinski definition) is 3. The molecule has 1 unspecified atom stereocenters. The summed E-state index contributed by atoms with van der Waals surface area (Å²) in [5.41, 5.74) is 5.18. The monoisotopic (exact) mass is 291 g/mol. The minimum absolute atomic E-state index is 0. The zero-order valence-electron chi connectivity index (χ0n) is 11.7. The number of carbonyl (C=O) groups is 2. The summed E-state index contributed by atoms with van der Waals surface area (Å²) in [4.78, 5) is 24.6. The van der Waals surface area contributed by atoms with E-state index < -0.39 is 5.91 Å². The van der Waals surface area contributed by atoms with Crippen LogP contribution >= 0.6 is 12.4 Å². The Morgan fingerprint density at radius 1 is 1.42 bits per heavy atom. The zero-order chi connectivity index (χ0) is 13.4. The molecule has 3 N–H and O–H groups in total. The molecule has 1 rings (SSSR count). The Hall–Kier alpha value is -0.810. The number of hydrogen-bond donors (Lipinski definition) is 2. The van der Waals surface area contributed by atoms with Crippen LogP contribution in [0, 0.1) is 5.92 Å². The van der Waals surface area contributed by atoms with E-state index >= 15 is 0 Å². The fraction of sp³-hybridized carbons (Fsp3) is 0.846. The van der Waals surface area contributed by atoms with Crippen molar-refractivity contribution in [3.05, 3.63) is 0 Å². The first-order valence-electron chi connectivity index (χ1n) is 6.90. The number of primary amides is 1. The highest BCUT2D eigenvalue weighted by Gasteiger charge is 2.19. The molecule has 2 amide bonds. The number of halogens is 1. The summed E-state index contributed by atoms with van der Waals surface area (Å²) in [6, 6.07) is 0. The minimum Gasteiger partial charge on any atom is -0.368 e. The van der Waals surface area contributed by atoms with Gasteiger partial charge in [-0.3, -0.25) is 9.59 Å². The molecule has 0 aromatic heterocycles. The lowest BCUT2D eigenvalue weighted by atomic mass is 10.0. The largest absolute Gasteiger partial charge is 0.368 e. The Balaban J connectivity index is 0.00000324. The molecule has 0 aromatic carbocycles. The Kier molecular flexibility index (Phi) is 9.61. The maximum absolute atomic E-state index is 12.0. The van der Waals surface area contributed by atoms with Crippen LogP contribution in [-0.4, -0.2) is 42.9 Å². The lowest BCUT2D eigenvalue weighted by Crippen LogP contribution is -2.39. The minimum atomic E-state index is -0.429. The summed E-state index contributed by atoms with van der Waals surface area (Å²) in [6.45, 7) is 4.83. The van der Waals surface area contributed by atoms with E-state index in [-0.39, 0.29) is 24.9 Å². The lowest BCUT2D eigenvalue weighted by molar-refractivity contribution is -0.135. The highest BCUT2D eigenvalue weighted by atomic mass is 35.5. The van der Waals surface area contributed by atoms with Crippen molar-refractivity contribution >= 4 is 24.2 Å². The van der Waals surface area contributed by atoms with Crippen LogP contribution in [0.25, 0.3) is 0 Å². The van der Waals surface area contributed by atoms with Gasteiger partial charge in [-0.2, -0.15) is 0 Å². The number of nitrogens with two attached hydrogens (primary N) is 1. The summed E-state index contributed by atoms with van der Waals surface area (Å²) in [6.07, 6.45) is 4.52. The number of amides is 2. The Bertz CT molecular complexity index is 281.